The van der Waals surface area contributed by atoms with Gasteiger partial charge in [0.15, 0.2) is 0 Å². The summed E-state index contributed by atoms with van der Waals surface area (Å²) in [6.45, 7) is 4.37. The van der Waals surface area contributed by atoms with Gasteiger partial charge in [0.2, 0.25) is 21.8 Å². The standard InChI is InChI=1S/C24H29ClF3N3O4S/c1-5-16(2)29-23(33)17(3)30(14-18-9-7-6-8-10-18)22(32)15-31(36(4,34)35)19-11-12-21(25)20(13-19)24(26,27)28/h6-13,16-17H,5,14-15H2,1-4H3,(H,29,33)/t16-,17+/m0/s1. The third kappa shape index (κ3) is 7.86. The van der Waals surface area contributed by atoms with Gasteiger partial charge in [0.05, 0.1) is 22.5 Å². The van der Waals surface area contributed by atoms with Crippen molar-refractivity contribution >= 4 is 39.1 Å². The predicted molar refractivity (Wildman–Crippen MR) is 133 cm³/mol. The molecular formula is C24H29ClF3N3O4S. The van der Waals surface area contributed by atoms with Crippen molar-refractivity contribution in [1.82, 2.24) is 10.2 Å². The van der Waals surface area contributed by atoms with Gasteiger partial charge in [-0.2, -0.15) is 13.2 Å². The fraction of sp³-hybridized carbons (Fsp3) is 0.417. The van der Waals surface area contributed by atoms with Crippen LogP contribution in [0.3, 0.4) is 0 Å². The lowest BCUT2D eigenvalue weighted by Crippen LogP contribution is -2.52. The third-order valence-electron chi connectivity index (χ3n) is 5.59. The molecule has 0 fully saturated rings. The molecule has 2 aromatic rings. The molecule has 12 heteroatoms. The molecule has 0 bridgehead atoms. The van der Waals surface area contributed by atoms with E-state index in [0.29, 0.717) is 22.4 Å². The molecule has 1 N–H and O–H groups in total. The third-order valence-corrected chi connectivity index (χ3v) is 7.06. The molecule has 0 spiro atoms. The Bertz CT molecular complexity index is 1180. The highest BCUT2D eigenvalue weighted by atomic mass is 35.5. The van der Waals surface area contributed by atoms with E-state index < -0.39 is 51.2 Å². The number of hydrogen-bond acceptors (Lipinski definition) is 4. The van der Waals surface area contributed by atoms with Crippen molar-refractivity contribution in [3.05, 3.63) is 64.7 Å². The maximum absolute atomic E-state index is 13.4. The maximum atomic E-state index is 13.4. The van der Waals surface area contributed by atoms with E-state index in [0.717, 1.165) is 18.4 Å². The summed E-state index contributed by atoms with van der Waals surface area (Å²) in [5.41, 5.74) is -0.921. The molecule has 0 saturated carbocycles. The van der Waals surface area contributed by atoms with Crippen LogP contribution in [0.15, 0.2) is 48.5 Å². The highest BCUT2D eigenvalue weighted by Crippen LogP contribution is 2.37. The minimum absolute atomic E-state index is 0.0131. The average Bonchev–Trinajstić information content (AvgIpc) is 2.80. The van der Waals surface area contributed by atoms with Gasteiger partial charge in [-0.3, -0.25) is 13.9 Å². The highest BCUT2D eigenvalue weighted by molar-refractivity contribution is 7.92. The predicted octanol–water partition coefficient (Wildman–Crippen LogP) is 4.46. The van der Waals surface area contributed by atoms with Crippen molar-refractivity contribution in [1.29, 1.82) is 0 Å². The molecule has 0 saturated heterocycles. The molecule has 2 amide bonds. The molecule has 0 unspecified atom stereocenters. The number of halogens is 4. The van der Waals surface area contributed by atoms with Crippen LogP contribution in [0.4, 0.5) is 18.9 Å². The Kier molecular flexibility index (Phi) is 9.78. The summed E-state index contributed by atoms with van der Waals surface area (Å²) < 4.78 is 65.8. The van der Waals surface area contributed by atoms with Crippen LogP contribution in [0.25, 0.3) is 0 Å². The van der Waals surface area contributed by atoms with Crippen LogP contribution in [0, 0.1) is 0 Å². The average molecular weight is 548 g/mol. The van der Waals surface area contributed by atoms with Gasteiger partial charge in [-0.25, -0.2) is 8.42 Å². The van der Waals surface area contributed by atoms with E-state index in [1.807, 2.05) is 6.92 Å². The van der Waals surface area contributed by atoms with Crippen molar-refractivity contribution in [3.63, 3.8) is 0 Å². The second-order valence-electron chi connectivity index (χ2n) is 8.43. The van der Waals surface area contributed by atoms with Crippen LogP contribution in [-0.2, 0) is 32.3 Å². The monoisotopic (exact) mass is 547 g/mol. The Labute approximate surface area is 214 Å². The SMILES string of the molecule is CC[C@H](C)NC(=O)[C@@H](C)N(Cc1ccccc1)C(=O)CN(c1ccc(Cl)c(C(F)(F)F)c1)S(C)(=O)=O. The minimum Gasteiger partial charge on any atom is -0.352 e. The van der Waals surface area contributed by atoms with Crippen LogP contribution in [0.2, 0.25) is 5.02 Å². The van der Waals surface area contributed by atoms with Crippen molar-refractivity contribution in [2.45, 2.75) is 52.0 Å². The molecule has 198 valence electrons. The van der Waals surface area contributed by atoms with E-state index >= 15 is 0 Å². The summed E-state index contributed by atoms with van der Waals surface area (Å²) in [6.07, 6.45) is -3.39. The second-order valence-corrected chi connectivity index (χ2v) is 10.7. The van der Waals surface area contributed by atoms with Crippen LogP contribution in [-0.4, -0.2) is 50.0 Å². The molecular weight excluding hydrogens is 519 g/mol. The Hall–Kier alpha value is -2.79. The molecule has 0 radical (unpaired) electrons. The zero-order valence-corrected chi connectivity index (χ0v) is 21.9. The van der Waals surface area contributed by atoms with Crippen molar-refractivity contribution in [3.8, 4) is 0 Å². The van der Waals surface area contributed by atoms with E-state index in [1.54, 1.807) is 37.3 Å². The number of amides is 2. The number of carbonyl (C=O) groups is 2. The first-order chi connectivity index (χ1) is 16.6. The van der Waals surface area contributed by atoms with Gasteiger partial charge < -0.3 is 10.2 Å². The Morgan fingerprint density at radius 1 is 1.08 bits per heavy atom. The van der Waals surface area contributed by atoms with Crippen molar-refractivity contribution in [2.75, 3.05) is 17.1 Å². The zero-order valence-electron chi connectivity index (χ0n) is 20.3. The van der Waals surface area contributed by atoms with Gasteiger partial charge in [0, 0.05) is 12.6 Å². The Morgan fingerprint density at radius 2 is 1.69 bits per heavy atom. The van der Waals surface area contributed by atoms with E-state index in [-0.39, 0.29) is 18.3 Å². The lowest BCUT2D eigenvalue weighted by molar-refractivity contribution is -0.139. The topological polar surface area (TPSA) is 86.8 Å². The molecule has 0 heterocycles. The number of sulfonamides is 1. The summed E-state index contributed by atoms with van der Waals surface area (Å²) in [6, 6.07) is 10.2. The summed E-state index contributed by atoms with van der Waals surface area (Å²) in [4.78, 5) is 27.4. The molecule has 0 aliphatic carbocycles. The number of rotatable bonds is 10. The lowest BCUT2D eigenvalue weighted by atomic mass is 10.1. The van der Waals surface area contributed by atoms with E-state index in [2.05, 4.69) is 5.32 Å². The summed E-state index contributed by atoms with van der Waals surface area (Å²) in [7, 11) is -4.19. The van der Waals surface area contributed by atoms with E-state index in [1.165, 1.54) is 11.8 Å². The van der Waals surface area contributed by atoms with Crippen LogP contribution in [0.5, 0.6) is 0 Å². The summed E-state index contributed by atoms with van der Waals surface area (Å²) in [5, 5.41) is 2.19. The minimum atomic E-state index is -4.83. The first-order valence-corrected chi connectivity index (χ1v) is 13.4. The first kappa shape index (κ1) is 29.4. The fourth-order valence-electron chi connectivity index (χ4n) is 3.33. The van der Waals surface area contributed by atoms with Gasteiger partial charge in [0.1, 0.15) is 12.6 Å². The lowest BCUT2D eigenvalue weighted by Gasteiger charge is -2.32. The Balaban J connectivity index is 2.45. The summed E-state index contributed by atoms with van der Waals surface area (Å²) >= 11 is 5.67. The summed E-state index contributed by atoms with van der Waals surface area (Å²) in [5.74, 6) is -1.20. The Morgan fingerprint density at radius 3 is 2.22 bits per heavy atom. The van der Waals surface area contributed by atoms with E-state index in [4.69, 9.17) is 11.6 Å². The zero-order chi connectivity index (χ0) is 27.3. The first-order valence-electron chi connectivity index (χ1n) is 11.1. The van der Waals surface area contributed by atoms with Gasteiger partial charge >= 0.3 is 6.18 Å². The number of benzene rings is 2. The number of anilines is 1. The molecule has 0 aliphatic heterocycles. The van der Waals surface area contributed by atoms with Gasteiger partial charge in [-0.1, -0.05) is 48.9 Å². The van der Waals surface area contributed by atoms with Crippen molar-refractivity contribution in [2.24, 2.45) is 0 Å². The fourth-order valence-corrected chi connectivity index (χ4v) is 4.39. The molecule has 0 aromatic heterocycles. The number of hydrogen-bond donors (Lipinski definition) is 1. The smallest absolute Gasteiger partial charge is 0.352 e. The molecule has 36 heavy (non-hydrogen) atoms. The van der Waals surface area contributed by atoms with Crippen LogP contribution >= 0.6 is 11.6 Å². The molecule has 2 aromatic carbocycles. The van der Waals surface area contributed by atoms with Crippen LogP contribution in [0.1, 0.15) is 38.3 Å². The maximum Gasteiger partial charge on any atom is 0.417 e. The van der Waals surface area contributed by atoms with Crippen LogP contribution < -0.4 is 9.62 Å². The van der Waals surface area contributed by atoms with Gasteiger partial charge in [0.25, 0.3) is 0 Å². The normalized spacial score (nSPS) is 13.6. The van der Waals surface area contributed by atoms with Gasteiger partial charge in [-0.05, 0) is 44.0 Å². The number of nitrogens with one attached hydrogen (secondary N) is 1. The quantitative estimate of drug-likeness (QED) is 0.476. The largest absolute Gasteiger partial charge is 0.417 e. The number of nitrogens with zero attached hydrogens (tertiary/aromatic N) is 2. The molecule has 0 aliphatic rings. The van der Waals surface area contributed by atoms with E-state index in [9.17, 15) is 31.2 Å². The highest BCUT2D eigenvalue weighted by Gasteiger charge is 2.35. The molecule has 2 rings (SSSR count). The van der Waals surface area contributed by atoms with Gasteiger partial charge in [-0.15, -0.1) is 0 Å². The van der Waals surface area contributed by atoms with Crippen molar-refractivity contribution < 1.29 is 31.2 Å². The molecule has 2 atom stereocenters. The number of carbonyl (C=O) groups excluding carboxylic acids is 2. The second kappa shape index (κ2) is 12.0. The number of alkyl halides is 3. The molecule has 7 nitrogen and oxygen atoms in total.